The third-order valence-electron chi connectivity index (χ3n) is 5.74. The number of benzene rings is 2. The van der Waals surface area contributed by atoms with Gasteiger partial charge in [0.25, 0.3) is 0 Å². The van der Waals surface area contributed by atoms with Crippen LogP contribution in [0.2, 0.25) is 0 Å². The normalized spacial score (nSPS) is 9.00. The number of oxazole rings is 1. The van der Waals surface area contributed by atoms with Gasteiger partial charge in [0.1, 0.15) is 17.9 Å². The van der Waals surface area contributed by atoms with E-state index >= 15 is 0 Å². The molecule has 0 aliphatic rings. The first-order valence-electron chi connectivity index (χ1n) is 15.5. The number of aromatic nitrogens is 5. The van der Waals surface area contributed by atoms with Crippen molar-refractivity contribution in [2.75, 3.05) is 0 Å². The van der Waals surface area contributed by atoms with Crippen LogP contribution in [0.15, 0.2) is 144 Å². The molecule has 0 aliphatic carbocycles. The van der Waals surface area contributed by atoms with Gasteiger partial charge in [-0.1, -0.05) is 66.2 Å². The number of rotatable bonds is 0. The summed E-state index contributed by atoms with van der Waals surface area (Å²) in [5.74, 6) is -0.0694. The molecule has 0 aliphatic heterocycles. The molecule has 7 rings (SSSR count). The molecular weight excluding hydrogens is 656 g/mol. The summed E-state index contributed by atoms with van der Waals surface area (Å²) >= 11 is 1.67. The molecule has 7 aromatic rings. The fourth-order valence-electron chi connectivity index (χ4n) is 3.10. The number of pyridine rings is 3. The van der Waals surface area contributed by atoms with Crippen LogP contribution in [0.4, 0.5) is 13.2 Å². The van der Waals surface area contributed by atoms with Gasteiger partial charge in [0.15, 0.2) is 5.89 Å². The molecular formula is C40H44F3N5OS. The largest absolute Gasteiger partial charge is 0.449 e. The Morgan fingerprint density at radius 2 is 1.16 bits per heavy atom. The van der Waals surface area contributed by atoms with Gasteiger partial charge in [-0.2, -0.15) is 4.39 Å². The van der Waals surface area contributed by atoms with Gasteiger partial charge in [0, 0.05) is 42.3 Å². The molecule has 262 valence electrons. The van der Waals surface area contributed by atoms with Gasteiger partial charge in [-0.3, -0.25) is 15.0 Å². The second kappa shape index (κ2) is 26.5. The van der Waals surface area contributed by atoms with Crippen LogP contribution in [-0.4, -0.2) is 24.9 Å². The number of halogens is 3. The summed E-state index contributed by atoms with van der Waals surface area (Å²) < 4.78 is 41.4. The second-order valence-corrected chi connectivity index (χ2v) is 11.2. The zero-order chi connectivity index (χ0) is 37.0. The summed E-state index contributed by atoms with van der Waals surface area (Å²) in [6.45, 7) is 13.0. The Morgan fingerprint density at radius 3 is 1.46 bits per heavy atom. The van der Waals surface area contributed by atoms with Crippen LogP contribution in [0.25, 0.3) is 0 Å². The fraction of sp³-hybridized carbons (Fsp3) is 0.175. The van der Waals surface area contributed by atoms with Crippen LogP contribution in [0, 0.1) is 66.0 Å². The minimum absolute atomic E-state index is 0.132. The topological polar surface area (TPSA) is 77.6 Å². The summed E-state index contributed by atoms with van der Waals surface area (Å²) in [5.41, 5.74) is 4.26. The van der Waals surface area contributed by atoms with Crippen LogP contribution < -0.4 is 0 Å². The monoisotopic (exact) mass is 699 g/mol. The summed E-state index contributed by atoms with van der Waals surface area (Å²) in [7, 11) is 0. The first kappa shape index (κ1) is 42.5. The summed E-state index contributed by atoms with van der Waals surface area (Å²) in [4.78, 5) is 18.9. The molecule has 0 radical (unpaired) electrons. The van der Waals surface area contributed by atoms with E-state index < -0.39 is 5.95 Å². The third kappa shape index (κ3) is 22.9. The van der Waals surface area contributed by atoms with E-state index in [4.69, 9.17) is 4.42 Å². The van der Waals surface area contributed by atoms with Crippen LogP contribution in [0.5, 0.6) is 0 Å². The number of hydrogen-bond acceptors (Lipinski definition) is 7. The van der Waals surface area contributed by atoms with Gasteiger partial charge in [-0.15, -0.1) is 11.3 Å². The van der Waals surface area contributed by atoms with Crippen molar-refractivity contribution < 1.29 is 17.6 Å². The van der Waals surface area contributed by atoms with Crippen molar-refractivity contribution in [1.29, 1.82) is 0 Å². The highest BCUT2D eigenvalue weighted by molar-refractivity contribution is 7.09. The standard InChI is InChI=1S/C7H7F.C7H8.2C6H6FN.C6H7N.C4H5NO.C4H5NS/c1-6-4-2-3-5-7(6)8;1-7-5-3-2-4-6-7;1-5-6(7)3-2-4-8-5;1-5-3-2-4-6(7)8-5;1-6-4-2-3-5-7-6;2*1-4-5-2-3-6-4/h2-5H,1H3;2-6H,1H3;2*2-4H,1H3;2-5H,1H3;2*2-3H,1H3. The first-order valence-corrected chi connectivity index (χ1v) is 16.3. The molecule has 50 heavy (non-hydrogen) atoms. The van der Waals surface area contributed by atoms with E-state index in [1.165, 1.54) is 23.8 Å². The molecule has 0 spiro atoms. The molecule has 0 atom stereocenters. The lowest BCUT2D eigenvalue weighted by molar-refractivity contribution is 0.521. The molecule has 0 saturated heterocycles. The number of hydrogen-bond donors (Lipinski definition) is 0. The van der Waals surface area contributed by atoms with Crippen molar-refractivity contribution in [3.63, 3.8) is 0 Å². The molecule has 0 N–H and O–H groups in total. The average molecular weight is 700 g/mol. The minimum Gasteiger partial charge on any atom is -0.449 e. The second-order valence-electron chi connectivity index (χ2n) is 10.1. The lowest BCUT2D eigenvalue weighted by Gasteiger charge is -1.89. The molecule has 5 aromatic heterocycles. The molecule has 0 amide bonds. The van der Waals surface area contributed by atoms with Crippen molar-refractivity contribution in [3.8, 4) is 0 Å². The van der Waals surface area contributed by atoms with E-state index in [0.717, 1.165) is 16.6 Å². The SMILES string of the molecule is Cc1cccc(F)n1.Cc1ccccc1.Cc1ccccc1F.Cc1ccccn1.Cc1ncccc1F.Cc1ncco1.Cc1nccs1. The van der Waals surface area contributed by atoms with Gasteiger partial charge in [-0.05, 0) is 89.6 Å². The third-order valence-corrected chi connectivity index (χ3v) is 6.44. The molecule has 0 bridgehead atoms. The molecule has 6 nitrogen and oxygen atoms in total. The predicted octanol–water partition coefficient (Wildman–Crippen LogP) is 11.0. The molecule has 0 saturated carbocycles. The molecule has 2 aromatic carbocycles. The molecule has 0 unspecified atom stereocenters. The summed E-state index contributed by atoms with van der Waals surface area (Å²) in [6.07, 6.45) is 8.33. The number of nitrogens with zero attached hydrogens (tertiary/aromatic N) is 5. The summed E-state index contributed by atoms with van der Waals surface area (Å²) in [5, 5.41) is 3.10. The maximum absolute atomic E-state index is 12.3. The Hall–Kier alpha value is -5.48. The van der Waals surface area contributed by atoms with Crippen LogP contribution >= 0.6 is 11.3 Å². The lowest BCUT2D eigenvalue weighted by Crippen LogP contribution is -1.82. The average Bonchev–Trinajstić information content (AvgIpc) is 3.80. The highest BCUT2D eigenvalue weighted by atomic mass is 32.1. The summed E-state index contributed by atoms with van der Waals surface area (Å²) in [6, 6.07) is 30.5. The maximum atomic E-state index is 12.3. The van der Waals surface area contributed by atoms with Crippen molar-refractivity contribution in [3.05, 3.63) is 196 Å². The van der Waals surface area contributed by atoms with E-state index in [9.17, 15) is 13.2 Å². The Balaban J connectivity index is 0.000000292. The van der Waals surface area contributed by atoms with Gasteiger partial charge < -0.3 is 4.42 Å². The predicted molar refractivity (Wildman–Crippen MR) is 197 cm³/mol. The molecule has 5 heterocycles. The van der Waals surface area contributed by atoms with Gasteiger partial charge >= 0.3 is 0 Å². The minimum atomic E-state index is -0.412. The number of aryl methyl sites for hydroxylation is 7. The van der Waals surface area contributed by atoms with Gasteiger partial charge in [0.2, 0.25) is 5.95 Å². The molecule has 0 fully saturated rings. The quantitative estimate of drug-likeness (QED) is 0.147. The fourth-order valence-corrected chi connectivity index (χ4v) is 3.54. The van der Waals surface area contributed by atoms with E-state index in [1.807, 2.05) is 61.7 Å². The van der Waals surface area contributed by atoms with Gasteiger partial charge in [0.05, 0.1) is 16.9 Å². The highest BCUT2D eigenvalue weighted by Crippen LogP contribution is 2.02. The Labute approximate surface area is 297 Å². The lowest BCUT2D eigenvalue weighted by atomic mass is 10.2. The van der Waals surface area contributed by atoms with E-state index in [0.29, 0.717) is 17.0 Å². The Bertz CT molecular complexity index is 1630. The molecule has 10 heteroatoms. The van der Waals surface area contributed by atoms with E-state index in [2.05, 4.69) is 44.0 Å². The van der Waals surface area contributed by atoms with E-state index in [-0.39, 0.29) is 11.6 Å². The van der Waals surface area contributed by atoms with E-state index in [1.54, 1.807) is 100 Å². The van der Waals surface area contributed by atoms with Crippen molar-refractivity contribution in [2.45, 2.75) is 48.5 Å². The van der Waals surface area contributed by atoms with Crippen molar-refractivity contribution in [1.82, 2.24) is 24.9 Å². The Kier molecular flexibility index (Phi) is 22.5. The van der Waals surface area contributed by atoms with Gasteiger partial charge in [-0.25, -0.2) is 18.7 Å². The highest BCUT2D eigenvalue weighted by Gasteiger charge is 1.91. The van der Waals surface area contributed by atoms with Crippen molar-refractivity contribution in [2.24, 2.45) is 0 Å². The number of thiazole rings is 1. The zero-order valence-electron chi connectivity index (χ0n) is 29.5. The smallest absolute Gasteiger partial charge is 0.213 e. The van der Waals surface area contributed by atoms with Crippen LogP contribution in [0.1, 0.15) is 39.1 Å². The first-order chi connectivity index (χ1) is 24.0. The maximum Gasteiger partial charge on any atom is 0.213 e. The Morgan fingerprint density at radius 1 is 0.520 bits per heavy atom. The van der Waals surface area contributed by atoms with Crippen LogP contribution in [0.3, 0.4) is 0 Å². The van der Waals surface area contributed by atoms with Crippen LogP contribution in [-0.2, 0) is 0 Å². The zero-order valence-corrected chi connectivity index (χ0v) is 30.3. The van der Waals surface area contributed by atoms with Crippen molar-refractivity contribution >= 4 is 11.3 Å².